The Morgan fingerprint density at radius 1 is 1.21 bits per heavy atom. The minimum absolute atomic E-state index is 0.0725. The van der Waals surface area contributed by atoms with Crippen LogP contribution >= 0.6 is 11.6 Å². The van der Waals surface area contributed by atoms with E-state index in [0.717, 1.165) is 6.07 Å². The summed E-state index contributed by atoms with van der Waals surface area (Å²) in [6, 6.07) is 3.19. The van der Waals surface area contributed by atoms with Gasteiger partial charge in [-0.15, -0.1) is 0 Å². The van der Waals surface area contributed by atoms with E-state index in [0.29, 0.717) is 5.69 Å². The van der Waals surface area contributed by atoms with Crippen molar-refractivity contribution in [3.63, 3.8) is 0 Å². The van der Waals surface area contributed by atoms with E-state index in [1.807, 2.05) is 0 Å². The average molecular weight is 287 g/mol. The van der Waals surface area contributed by atoms with E-state index < -0.39 is 17.8 Å². The van der Waals surface area contributed by atoms with Gasteiger partial charge in [-0.2, -0.15) is 0 Å². The van der Waals surface area contributed by atoms with Crippen LogP contribution in [-0.4, -0.2) is 17.9 Å². The third kappa shape index (κ3) is 4.52. The lowest BCUT2D eigenvalue weighted by atomic mass is 10.2. The second kappa shape index (κ2) is 6.52. The van der Waals surface area contributed by atoms with Gasteiger partial charge in [-0.3, -0.25) is 9.59 Å². The van der Waals surface area contributed by atoms with Crippen molar-refractivity contribution in [3.05, 3.63) is 29.0 Å². The minimum atomic E-state index is -0.682. The van der Waals surface area contributed by atoms with Gasteiger partial charge >= 0.3 is 0 Å². The molecule has 0 aliphatic heterocycles. The molecule has 0 aliphatic rings. The number of hydrogen-bond acceptors (Lipinski definition) is 2. The van der Waals surface area contributed by atoms with E-state index in [1.54, 1.807) is 20.8 Å². The molecule has 1 aromatic carbocycles. The molecular formula is C13H16ClFN2O2. The Morgan fingerprint density at radius 3 is 2.37 bits per heavy atom. The van der Waals surface area contributed by atoms with Gasteiger partial charge in [0.2, 0.25) is 11.8 Å². The number of halogens is 2. The van der Waals surface area contributed by atoms with Crippen LogP contribution in [0.15, 0.2) is 18.2 Å². The fraction of sp³-hybridized carbons (Fsp3) is 0.385. The maximum absolute atomic E-state index is 13.0. The summed E-state index contributed by atoms with van der Waals surface area (Å²) in [7, 11) is 0. The number of benzene rings is 1. The van der Waals surface area contributed by atoms with Crippen LogP contribution in [0.4, 0.5) is 10.1 Å². The summed E-state index contributed by atoms with van der Waals surface area (Å²) in [6.07, 6.45) is 0. The highest BCUT2D eigenvalue weighted by Gasteiger charge is 2.17. The van der Waals surface area contributed by atoms with Crippen LogP contribution < -0.4 is 10.6 Å². The number of rotatable bonds is 4. The summed E-state index contributed by atoms with van der Waals surface area (Å²) in [5, 5.41) is 5.04. The topological polar surface area (TPSA) is 58.2 Å². The van der Waals surface area contributed by atoms with Crippen LogP contribution in [0.2, 0.25) is 5.02 Å². The third-order valence-electron chi connectivity index (χ3n) is 2.46. The van der Waals surface area contributed by atoms with Crippen LogP contribution in [0, 0.1) is 11.7 Å². The number of anilines is 1. The van der Waals surface area contributed by atoms with Crippen LogP contribution in [0.25, 0.3) is 0 Å². The van der Waals surface area contributed by atoms with Crippen LogP contribution in [0.5, 0.6) is 0 Å². The second-order valence-electron chi connectivity index (χ2n) is 4.50. The lowest BCUT2D eigenvalue weighted by Gasteiger charge is -2.15. The maximum Gasteiger partial charge on any atom is 0.246 e. The Hall–Kier alpha value is -1.62. The molecule has 0 saturated heterocycles. The Bertz CT molecular complexity index is 492. The van der Waals surface area contributed by atoms with Gasteiger partial charge in [-0.25, -0.2) is 4.39 Å². The quantitative estimate of drug-likeness (QED) is 0.894. The first-order chi connectivity index (χ1) is 8.81. The molecule has 0 radical (unpaired) electrons. The van der Waals surface area contributed by atoms with Crippen molar-refractivity contribution in [1.29, 1.82) is 0 Å². The molecule has 104 valence electrons. The van der Waals surface area contributed by atoms with Crippen molar-refractivity contribution in [3.8, 4) is 0 Å². The highest BCUT2D eigenvalue weighted by atomic mass is 35.5. The standard InChI is InChI=1S/C13H16ClFN2O2/c1-7(2)12(18)16-8(3)13(19)17-9-4-5-11(15)10(14)6-9/h4-8H,1-3H3,(H,16,18)(H,17,19)/t8-/m0/s1. The van der Waals surface area contributed by atoms with Gasteiger partial charge in [-0.05, 0) is 25.1 Å². The Balaban J connectivity index is 2.63. The zero-order valence-electron chi connectivity index (χ0n) is 11.0. The van der Waals surface area contributed by atoms with E-state index in [1.165, 1.54) is 12.1 Å². The Morgan fingerprint density at radius 2 is 1.84 bits per heavy atom. The summed E-state index contributed by atoms with van der Waals surface area (Å²) in [4.78, 5) is 23.3. The molecule has 6 heteroatoms. The molecular weight excluding hydrogens is 271 g/mol. The summed E-state index contributed by atoms with van der Waals surface area (Å²) >= 11 is 5.61. The van der Waals surface area contributed by atoms with Crippen molar-refractivity contribution < 1.29 is 14.0 Å². The first-order valence-electron chi connectivity index (χ1n) is 5.87. The third-order valence-corrected chi connectivity index (χ3v) is 2.75. The highest BCUT2D eigenvalue weighted by Crippen LogP contribution is 2.19. The van der Waals surface area contributed by atoms with Gasteiger partial charge in [0.15, 0.2) is 0 Å². The summed E-state index contributed by atoms with van der Waals surface area (Å²) in [6.45, 7) is 5.04. The largest absolute Gasteiger partial charge is 0.344 e. The van der Waals surface area contributed by atoms with Crippen molar-refractivity contribution in [2.24, 2.45) is 5.92 Å². The molecule has 0 spiro atoms. The zero-order valence-corrected chi connectivity index (χ0v) is 11.7. The maximum atomic E-state index is 13.0. The van der Waals surface area contributed by atoms with E-state index in [2.05, 4.69) is 10.6 Å². The Kier molecular flexibility index (Phi) is 5.30. The van der Waals surface area contributed by atoms with E-state index >= 15 is 0 Å². The molecule has 1 rings (SSSR count). The van der Waals surface area contributed by atoms with Gasteiger partial charge in [-0.1, -0.05) is 25.4 Å². The fourth-order valence-electron chi connectivity index (χ4n) is 1.27. The smallest absolute Gasteiger partial charge is 0.246 e. The normalized spacial score (nSPS) is 12.1. The van der Waals surface area contributed by atoms with E-state index in [4.69, 9.17) is 11.6 Å². The SMILES string of the molecule is CC(C)C(=O)N[C@@H](C)C(=O)Nc1ccc(F)c(Cl)c1. The summed E-state index contributed by atoms with van der Waals surface area (Å²) in [5.41, 5.74) is 0.377. The van der Waals surface area contributed by atoms with Crippen molar-refractivity contribution >= 4 is 29.1 Å². The summed E-state index contributed by atoms with van der Waals surface area (Å²) in [5.74, 6) is -1.35. The molecule has 0 bridgehead atoms. The predicted octanol–water partition coefficient (Wildman–Crippen LogP) is 2.58. The molecule has 0 aromatic heterocycles. The lowest BCUT2D eigenvalue weighted by Crippen LogP contribution is -2.43. The van der Waals surface area contributed by atoms with Crippen LogP contribution in [-0.2, 0) is 9.59 Å². The minimum Gasteiger partial charge on any atom is -0.344 e. The molecule has 2 N–H and O–H groups in total. The molecule has 0 fully saturated rings. The number of nitrogens with one attached hydrogen (secondary N) is 2. The molecule has 2 amide bonds. The lowest BCUT2D eigenvalue weighted by molar-refractivity contribution is -0.128. The molecule has 19 heavy (non-hydrogen) atoms. The number of carbonyl (C=O) groups excluding carboxylic acids is 2. The van der Waals surface area contributed by atoms with Crippen LogP contribution in [0.1, 0.15) is 20.8 Å². The molecule has 0 aliphatic carbocycles. The summed E-state index contributed by atoms with van der Waals surface area (Å²) < 4.78 is 13.0. The predicted molar refractivity (Wildman–Crippen MR) is 72.5 cm³/mol. The molecule has 0 unspecified atom stereocenters. The number of carbonyl (C=O) groups is 2. The molecule has 1 atom stereocenters. The molecule has 0 saturated carbocycles. The second-order valence-corrected chi connectivity index (χ2v) is 4.91. The van der Waals surface area contributed by atoms with E-state index in [-0.39, 0.29) is 16.8 Å². The fourth-order valence-corrected chi connectivity index (χ4v) is 1.45. The monoisotopic (exact) mass is 286 g/mol. The number of hydrogen-bond donors (Lipinski definition) is 2. The van der Waals surface area contributed by atoms with Gasteiger partial charge < -0.3 is 10.6 Å². The zero-order chi connectivity index (χ0) is 14.6. The highest BCUT2D eigenvalue weighted by molar-refractivity contribution is 6.31. The van der Waals surface area contributed by atoms with Gasteiger partial charge in [0.1, 0.15) is 11.9 Å². The molecule has 1 aromatic rings. The van der Waals surface area contributed by atoms with Crippen molar-refractivity contribution in [2.75, 3.05) is 5.32 Å². The first kappa shape index (κ1) is 15.4. The van der Waals surface area contributed by atoms with Crippen LogP contribution in [0.3, 0.4) is 0 Å². The first-order valence-corrected chi connectivity index (χ1v) is 6.25. The molecule has 0 heterocycles. The van der Waals surface area contributed by atoms with E-state index in [9.17, 15) is 14.0 Å². The Labute approximate surface area is 116 Å². The van der Waals surface area contributed by atoms with Crippen molar-refractivity contribution in [1.82, 2.24) is 5.32 Å². The van der Waals surface area contributed by atoms with Gasteiger partial charge in [0.05, 0.1) is 5.02 Å². The van der Waals surface area contributed by atoms with Gasteiger partial charge in [0.25, 0.3) is 0 Å². The average Bonchev–Trinajstić information content (AvgIpc) is 2.33. The van der Waals surface area contributed by atoms with Crippen molar-refractivity contribution in [2.45, 2.75) is 26.8 Å². The van der Waals surface area contributed by atoms with Gasteiger partial charge in [0, 0.05) is 11.6 Å². The molecule has 4 nitrogen and oxygen atoms in total. The number of amides is 2.